The molecule has 0 saturated heterocycles. The Morgan fingerprint density at radius 1 is 1.50 bits per heavy atom. The molecule has 0 saturated carbocycles. The van der Waals surface area contributed by atoms with Crippen molar-refractivity contribution in [3.63, 3.8) is 0 Å². The zero-order valence-corrected chi connectivity index (χ0v) is 8.48. The average Bonchev–Trinajstić information content (AvgIpc) is 2.77. The Hall–Kier alpha value is -1.50. The largest absolute Gasteiger partial charge is 0.368 e. The number of rotatable bonds is 3. The van der Waals surface area contributed by atoms with E-state index >= 15 is 0 Å². The van der Waals surface area contributed by atoms with Crippen molar-refractivity contribution in [1.29, 1.82) is 0 Å². The first-order valence-corrected chi connectivity index (χ1v) is 5.01. The number of hydrogen-bond donors (Lipinski definition) is 1. The predicted molar refractivity (Wildman–Crippen MR) is 53.5 cm³/mol. The summed E-state index contributed by atoms with van der Waals surface area (Å²) in [5.74, 6) is 1.13. The van der Waals surface area contributed by atoms with Crippen LogP contribution in [0, 0.1) is 0 Å². The van der Waals surface area contributed by atoms with Crippen molar-refractivity contribution in [3.8, 4) is 0 Å². The highest BCUT2D eigenvalue weighted by Gasteiger charge is 2.05. The van der Waals surface area contributed by atoms with E-state index in [9.17, 15) is 0 Å². The zero-order valence-electron chi connectivity index (χ0n) is 7.66. The van der Waals surface area contributed by atoms with E-state index in [0.29, 0.717) is 11.8 Å². The molecule has 0 unspecified atom stereocenters. The monoisotopic (exact) mass is 210 g/mol. The summed E-state index contributed by atoms with van der Waals surface area (Å²) < 4.78 is 3.56. The molecule has 2 aromatic rings. The molecule has 0 amide bonds. The number of nitrogens with zero attached hydrogens (tertiary/aromatic N) is 5. The van der Waals surface area contributed by atoms with Gasteiger partial charge in [0.25, 0.3) is 0 Å². The van der Waals surface area contributed by atoms with Crippen molar-refractivity contribution in [1.82, 2.24) is 24.5 Å². The zero-order chi connectivity index (χ0) is 9.97. The summed E-state index contributed by atoms with van der Waals surface area (Å²) in [6.07, 6.45) is 3.64. The van der Waals surface area contributed by atoms with Crippen LogP contribution in [0.2, 0.25) is 0 Å². The lowest BCUT2D eigenvalue weighted by Crippen LogP contribution is -2.00. The molecule has 2 N–H and O–H groups in total. The summed E-state index contributed by atoms with van der Waals surface area (Å²) >= 11 is 1.54. The fourth-order valence-corrected chi connectivity index (χ4v) is 1.74. The third-order valence-electron chi connectivity index (χ3n) is 1.75. The topological polar surface area (TPSA) is 74.6 Å². The van der Waals surface area contributed by atoms with Crippen molar-refractivity contribution in [2.24, 2.45) is 7.05 Å². The average molecular weight is 210 g/mol. The van der Waals surface area contributed by atoms with Gasteiger partial charge in [0.05, 0.1) is 5.88 Å². The first-order chi connectivity index (χ1) is 6.77. The third kappa shape index (κ3) is 1.72. The summed E-state index contributed by atoms with van der Waals surface area (Å²) in [5.41, 5.74) is 5.54. The molecule has 2 heterocycles. The van der Waals surface area contributed by atoms with Gasteiger partial charge in [-0.25, -0.2) is 0 Å². The molecule has 74 valence electrons. The molecule has 0 aliphatic heterocycles. The molecule has 0 atom stereocenters. The highest BCUT2D eigenvalue weighted by Crippen LogP contribution is 2.17. The number of anilines is 1. The second kappa shape index (κ2) is 3.70. The molecule has 0 radical (unpaired) electrons. The predicted octanol–water partition coefficient (Wildman–Crippen LogP) is 0.344. The van der Waals surface area contributed by atoms with E-state index in [1.165, 1.54) is 11.8 Å². The normalized spacial score (nSPS) is 10.6. The van der Waals surface area contributed by atoms with Gasteiger partial charge in [0.15, 0.2) is 5.16 Å². The van der Waals surface area contributed by atoms with Gasteiger partial charge in [0.1, 0.15) is 0 Å². The molecule has 0 spiro atoms. The molecule has 6 nitrogen and oxygen atoms in total. The number of nitrogen functional groups attached to an aromatic ring is 1. The van der Waals surface area contributed by atoms with Crippen LogP contribution in [0.3, 0.4) is 0 Å². The van der Waals surface area contributed by atoms with Crippen LogP contribution < -0.4 is 5.73 Å². The van der Waals surface area contributed by atoms with Gasteiger partial charge in [-0.3, -0.25) is 9.25 Å². The van der Waals surface area contributed by atoms with Crippen molar-refractivity contribution in [2.75, 3.05) is 5.73 Å². The van der Waals surface area contributed by atoms with Crippen LogP contribution in [-0.4, -0.2) is 24.5 Å². The summed E-state index contributed by atoms with van der Waals surface area (Å²) in [6.45, 7) is 0. The first-order valence-electron chi connectivity index (χ1n) is 4.02. The molecule has 2 rings (SSSR count). The van der Waals surface area contributed by atoms with Crippen LogP contribution in [0.1, 0.15) is 0 Å². The third-order valence-corrected chi connectivity index (χ3v) is 2.76. The lowest BCUT2D eigenvalue weighted by molar-refractivity contribution is 0.737. The Labute approximate surface area is 85.1 Å². The van der Waals surface area contributed by atoms with E-state index in [0.717, 1.165) is 5.16 Å². The minimum Gasteiger partial charge on any atom is -0.368 e. The van der Waals surface area contributed by atoms with E-state index in [2.05, 4.69) is 15.3 Å². The number of aromatic nitrogens is 5. The van der Waals surface area contributed by atoms with Crippen LogP contribution in [0.5, 0.6) is 0 Å². The van der Waals surface area contributed by atoms with Crippen molar-refractivity contribution in [2.45, 2.75) is 11.0 Å². The van der Waals surface area contributed by atoms with E-state index in [4.69, 9.17) is 5.73 Å². The summed E-state index contributed by atoms with van der Waals surface area (Å²) in [7, 11) is 1.83. The molecule has 14 heavy (non-hydrogen) atoms. The first kappa shape index (κ1) is 9.07. The van der Waals surface area contributed by atoms with Gasteiger partial charge in [0.2, 0.25) is 5.95 Å². The lowest BCUT2D eigenvalue weighted by Gasteiger charge is -2.00. The van der Waals surface area contributed by atoms with E-state index in [1.807, 2.05) is 24.0 Å². The molecular formula is C7H10N6S. The highest BCUT2D eigenvalue weighted by atomic mass is 32.2. The van der Waals surface area contributed by atoms with Crippen LogP contribution in [0.4, 0.5) is 5.95 Å². The van der Waals surface area contributed by atoms with Gasteiger partial charge in [-0.15, -0.1) is 10.2 Å². The van der Waals surface area contributed by atoms with Gasteiger partial charge in [-0.1, -0.05) is 11.8 Å². The second-order valence-electron chi connectivity index (χ2n) is 2.72. The van der Waals surface area contributed by atoms with Crippen LogP contribution in [0.25, 0.3) is 0 Å². The van der Waals surface area contributed by atoms with Crippen LogP contribution >= 0.6 is 11.8 Å². The van der Waals surface area contributed by atoms with E-state index in [-0.39, 0.29) is 0 Å². The molecule has 0 bridgehead atoms. The Morgan fingerprint density at radius 2 is 2.36 bits per heavy atom. The summed E-state index contributed by atoms with van der Waals surface area (Å²) in [4.78, 5) is 0. The fourth-order valence-electron chi connectivity index (χ4n) is 0.953. The van der Waals surface area contributed by atoms with Crippen molar-refractivity contribution >= 4 is 17.7 Å². The molecule has 2 aromatic heterocycles. The molecule has 0 fully saturated rings. The molecule has 0 aliphatic carbocycles. The summed E-state index contributed by atoms with van der Waals surface area (Å²) in [6, 6.07) is 1.88. The van der Waals surface area contributed by atoms with Crippen LogP contribution in [0.15, 0.2) is 23.6 Å². The van der Waals surface area contributed by atoms with Gasteiger partial charge in [0, 0.05) is 19.4 Å². The number of thioether (sulfide) groups is 1. The Morgan fingerprint density at radius 3 is 2.93 bits per heavy atom. The lowest BCUT2D eigenvalue weighted by atomic mass is 10.8. The highest BCUT2D eigenvalue weighted by molar-refractivity contribution is 7.98. The SMILES string of the molecule is Cn1c(N)nnc1SCn1cccn1. The Kier molecular flexibility index (Phi) is 2.40. The van der Waals surface area contributed by atoms with Gasteiger partial charge >= 0.3 is 0 Å². The van der Waals surface area contributed by atoms with E-state index in [1.54, 1.807) is 10.8 Å². The van der Waals surface area contributed by atoms with Crippen LogP contribution in [-0.2, 0) is 12.9 Å². The smallest absolute Gasteiger partial charge is 0.222 e. The Bertz CT molecular complexity index is 406. The minimum absolute atomic E-state index is 0.424. The van der Waals surface area contributed by atoms with Gasteiger partial charge < -0.3 is 5.73 Å². The molecule has 0 aliphatic rings. The van der Waals surface area contributed by atoms with Gasteiger partial charge in [-0.05, 0) is 6.07 Å². The van der Waals surface area contributed by atoms with Crippen molar-refractivity contribution < 1.29 is 0 Å². The molecular weight excluding hydrogens is 200 g/mol. The quantitative estimate of drug-likeness (QED) is 0.739. The molecule has 7 heteroatoms. The second-order valence-corrected chi connectivity index (χ2v) is 3.63. The maximum absolute atomic E-state index is 5.54. The maximum Gasteiger partial charge on any atom is 0.222 e. The van der Waals surface area contributed by atoms with E-state index < -0.39 is 0 Å². The molecule has 0 aromatic carbocycles. The van der Waals surface area contributed by atoms with Crippen molar-refractivity contribution in [3.05, 3.63) is 18.5 Å². The van der Waals surface area contributed by atoms with Gasteiger partial charge in [-0.2, -0.15) is 5.10 Å². The summed E-state index contributed by atoms with van der Waals surface area (Å²) in [5, 5.41) is 12.5. The standard InChI is InChI=1S/C7H10N6S/c1-12-6(8)10-11-7(12)14-5-13-4-2-3-9-13/h2-4H,5H2,1H3,(H2,8,10). The number of nitrogens with two attached hydrogens (primary N) is 1. The Balaban J connectivity index is 2.02. The number of hydrogen-bond acceptors (Lipinski definition) is 5. The minimum atomic E-state index is 0.424. The fraction of sp³-hybridized carbons (Fsp3) is 0.286. The maximum atomic E-state index is 5.54.